The lowest BCUT2D eigenvalue weighted by atomic mass is 10.2. The van der Waals surface area contributed by atoms with Crippen LogP contribution in [-0.2, 0) is 6.61 Å². The minimum Gasteiger partial charge on any atom is -0.497 e. The van der Waals surface area contributed by atoms with Crippen molar-refractivity contribution < 1.29 is 18.8 Å². The highest BCUT2D eigenvalue weighted by atomic mass is 16.6. The van der Waals surface area contributed by atoms with Crippen LogP contribution in [0.1, 0.15) is 11.3 Å². The van der Waals surface area contributed by atoms with Crippen LogP contribution in [0.4, 0.5) is 5.88 Å². The van der Waals surface area contributed by atoms with E-state index in [1.807, 2.05) is 6.07 Å². The maximum Gasteiger partial charge on any atom is 0.433 e. The highest BCUT2D eigenvalue weighted by Gasteiger charge is 2.12. The normalized spacial score (nSPS) is 9.80. The highest BCUT2D eigenvalue weighted by molar-refractivity contribution is 5.43. The third-order valence-corrected chi connectivity index (χ3v) is 2.45. The van der Waals surface area contributed by atoms with E-state index in [-0.39, 0.29) is 12.5 Å². The van der Waals surface area contributed by atoms with Crippen LogP contribution in [0.25, 0.3) is 0 Å². The van der Waals surface area contributed by atoms with Crippen molar-refractivity contribution in [2.45, 2.75) is 6.61 Å². The molecule has 0 aliphatic rings. The van der Waals surface area contributed by atoms with Crippen molar-refractivity contribution in [3.63, 3.8) is 0 Å². The summed E-state index contributed by atoms with van der Waals surface area (Å²) in [6.07, 6.45) is 0. The predicted octanol–water partition coefficient (Wildman–Crippen LogP) is 2.65. The summed E-state index contributed by atoms with van der Waals surface area (Å²) in [6.45, 7) is 0.0197. The quantitative estimate of drug-likeness (QED) is 0.614. The van der Waals surface area contributed by atoms with Gasteiger partial charge in [-0.25, -0.2) is 0 Å². The molecule has 0 atom stereocenters. The van der Waals surface area contributed by atoms with Crippen LogP contribution in [0, 0.1) is 21.4 Å². The molecule has 0 amide bonds. The topological polar surface area (TPSA) is 98.5 Å². The molecule has 102 valence electrons. The van der Waals surface area contributed by atoms with E-state index in [0.29, 0.717) is 22.8 Å². The lowest BCUT2D eigenvalue weighted by Gasteiger charge is -2.07. The number of ether oxygens (including phenoxy) is 2. The Balaban J connectivity index is 2.10. The molecule has 0 radical (unpaired) electrons. The van der Waals surface area contributed by atoms with Gasteiger partial charge in [-0.1, -0.05) is 0 Å². The van der Waals surface area contributed by atoms with Gasteiger partial charge < -0.3 is 13.9 Å². The molecule has 1 aromatic heterocycles. The average Bonchev–Trinajstić information content (AvgIpc) is 2.93. The summed E-state index contributed by atoms with van der Waals surface area (Å²) in [6, 6.07) is 9.43. The average molecular weight is 274 g/mol. The molecule has 0 spiro atoms. The maximum atomic E-state index is 10.5. The minimum atomic E-state index is -0.622. The van der Waals surface area contributed by atoms with E-state index in [1.54, 1.807) is 18.2 Å². The smallest absolute Gasteiger partial charge is 0.433 e. The van der Waals surface area contributed by atoms with Crippen molar-refractivity contribution >= 4 is 5.88 Å². The van der Waals surface area contributed by atoms with Gasteiger partial charge in [0.05, 0.1) is 24.8 Å². The molecule has 0 bridgehead atoms. The molecule has 2 rings (SSSR count). The van der Waals surface area contributed by atoms with Crippen molar-refractivity contribution in [2.75, 3.05) is 7.11 Å². The number of benzene rings is 1. The Morgan fingerprint density at radius 2 is 2.10 bits per heavy atom. The van der Waals surface area contributed by atoms with E-state index in [9.17, 15) is 10.1 Å². The highest BCUT2D eigenvalue weighted by Crippen LogP contribution is 2.24. The number of nitrogens with zero attached hydrogens (tertiary/aromatic N) is 2. The van der Waals surface area contributed by atoms with Gasteiger partial charge in [-0.3, -0.25) is 10.1 Å². The van der Waals surface area contributed by atoms with Crippen molar-refractivity contribution in [1.82, 2.24) is 0 Å². The fourth-order valence-corrected chi connectivity index (χ4v) is 1.53. The first-order valence-corrected chi connectivity index (χ1v) is 5.57. The zero-order valence-corrected chi connectivity index (χ0v) is 10.5. The Labute approximate surface area is 114 Å². The van der Waals surface area contributed by atoms with E-state index in [0.717, 1.165) is 0 Å². The van der Waals surface area contributed by atoms with E-state index < -0.39 is 4.92 Å². The molecule has 0 N–H and O–H groups in total. The van der Waals surface area contributed by atoms with Crippen LogP contribution < -0.4 is 9.47 Å². The van der Waals surface area contributed by atoms with E-state index >= 15 is 0 Å². The van der Waals surface area contributed by atoms with Gasteiger partial charge in [0.25, 0.3) is 0 Å². The Kier molecular flexibility index (Phi) is 3.86. The Morgan fingerprint density at radius 3 is 2.70 bits per heavy atom. The lowest BCUT2D eigenvalue weighted by Crippen LogP contribution is -1.95. The van der Waals surface area contributed by atoms with Gasteiger partial charge in [-0.15, -0.1) is 0 Å². The number of nitro groups is 1. The van der Waals surface area contributed by atoms with Crippen molar-refractivity contribution in [2.24, 2.45) is 0 Å². The second-order valence-electron chi connectivity index (χ2n) is 3.79. The van der Waals surface area contributed by atoms with Crippen LogP contribution in [0.15, 0.2) is 34.7 Å². The molecule has 7 heteroatoms. The summed E-state index contributed by atoms with van der Waals surface area (Å²) >= 11 is 0. The summed E-state index contributed by atoms with van der Waals surface area (Å²) in [7, 11) is 1.48. The third-order valence-electron chi connectivity index (χ3n) is 2.45. The van der Waals surface area contributed by atoms with Crippen LogP contribution in [0.3, 0.4) is 0 Å². The summed E-state index contributed by atoms with van der Waals surface area (Å²) < 4.78 is 15.4. The molecular formula is C13H10N2O5. The lowest BCUT2D eigenvalue weighted by molar-refractivity contribution is -0.402. The van der Waals surface area contributed by atoms with Crippen LogP contribution in [0.5, 0.6) is 11.5 Å². The van der Waals surface area contributed by atoms with Crippen LogP contribution in [-0.4, -0.2) is 12.0 Å². The van der Waals surface area contributed by atoms with Gasteiger partial charge in [-0.05, 0) is 18.2 Å². The molecule has 0 aliphatic heterocycles. The molecular weight excluding hydrogens is 264 g/mol. The Hall–Kier alpha value is -3.01. The van der Waals surface area contributed by atoms with E-state index in [1.165, 1.54) is 19.2 Å². The predicted molar refractivity (Wildman–Crippen MR) is 67.4 cm³/mol. The third kappa shape index (κ3) is 3.05. The molecule has 1 heterocycles. The van der Waals surface area contributed by atoms with Gasteiger partial charge in [0, 0.05) is 6.07 Å². The molecule has 2 aromatic rings. The largest absolute Gasteiger partial charge is 0.497 e. The monoisotopic (exact) mass is 274 g/mol. The van der Waals surface area contributed by atoms with Crippen molar-refractivity contribution in [1.29, 1.82) is 5.26 Å². The number of rotatable bonds is 5. The van der Waals surface area contributed by atoms with Crippen LogP contribution >= 0.6 is 0 Å². The summed E-state index contributed by atoms with van der Waals surface area (Å²) in [5.41, 5.74) is 0.393. The van der Waals surface area contributed by atoms with Crippen molar-refractivity contribution in [3.8, 4) is 17.6 Å². The Morgan fingerprint density at radius 1 is 1.35 bits per heavy atom. The first-order valence-electron chi connectivity index (χ1n) is 5.57. The van der Waals surface area contributed by atoms with Crippen LogP contribution in [0.2, 0.25) is 0 Å². The number of nitriles is 1. The summed E-state index contributed by atoms with van der Waals surface area (Å²) in [5, 5.41) is 19.4. The molecule has 0 saturated carbocycles. The molecule has 20 heavy (non-hydrogen) atoms. The molecule has 1 aromatic carbocycles. The van der Waals surface area contributed by atoms with E-state index in [4.69, 9.17) is 19.2 Å². The van der Waals surface area contributed by atoms with Gasteiger partial charge in [0.1, 0.15) is 28.8 Å². The molecule has 0 saturated heterocycles. The first-order chi connectivity index (χ1) is 9.62. The number of hydrogen-bond acceptors (Lipinski definition) is 6. The standard InChI is InChI=1S/C13H10N2O5/c1-18-11-4-9(7-14)5-12(6-11)19-8-10-2-3-13(20-10)15(16)17/h2-6H,8H2,1H3. The molecule has 0 fully saturated rings. The number of furan rings is 1. The van der Waals surface area contributed by atoms with Gasteiger partial charge in [-0.2, -0.15) is 5.26 Å². The fraction of sp³-hybridized carbons (Fsp3) is 0.154. The minimum absolute atomic E-state index is 0.0197. The maximum absolute atomic E-state index is 10.5. The number of methoxy groups -OCH3 is 1. The fourth-order valence-electron chi connectivity index (χ4n) is 1.53. The summed E-state index contributed by atoms with van der Waals surface area (Å²) in [5.74, 6) is 0.884. The molecule has 0 unspecified atom stereocenters. The van der Waals surface area contributed by atoms with Gasteiger partial charge in [0.2, 0.25) is 0 Å². The number of hydrogen-bond donors (Lipinski definition) is 0. The SMILES string of the molecule is COc1cc(C#N)cc(OCc2ccc([N+](=O)[O-])o2)c1. The van der Waals surface area contributed by atoms with Crippen molar-refractivity contribution in [3.05, 3.63) is 51.8 Å². The van der Waals surface area contributed by atoms with Gasteiger partial charge in [0.15, 0.2) is 0 Å². The second-order valence-corrected chi connectivity index (χ2v) is 3.79. The van der Waals surface area contributed by atoms with Gasteiger partial charge >= 0.3 is 5.88 Å². The summed E-state index contributed by atoms with van der Waals surface area (Å²) in [4.78, 5) is 9.85. The molecule has 0 aliphatic carbocycles. The van der Waals surface area contributed by atoms with E-state index in [2.05, 4.69) is 0 Å². The first kappa shape index (κ1) is 13.4. The zero-order valence-electron chi connectivity index (χ0n) is 10.5. The second kappa shape index (κ2) is 5.75. The Bertz CT molecular complexity index is 672. The zero-order chi connectivity index (χ0) is 14.5. The molecule has 7 nitrogen and oxygen atoms in total.